The smallest absolute Gasteiger partial charge is 0.0546 e. The first-order chi connectivity index (χ1) is 18.3. The van der Waals surface area contributed by atoms with E-state index in [4.69, 9.17) is 0 Å². The molecule has 0 heterocycles. The zero-order valence-corrected chi connectivity index (χ0v) is 20.4. The molecule has 37 heavy (non-hydrogen) atoms. The van der Waals surface area contributed by atoms with Gasteiger partial charge in [-0.25, -0.2) is 0 Å². The molecule has 0 atom stereocenters. The number of fused-ring (bicyclic) bond motifs is 4. The second-order valence-corrected chi connectivity index (χ2v) is 9.44. The molecule has 0 saturated carbocycles. The molecular weight excluding hydrogens is 446 g/mol. The summed E-state index contributed by atoms with van der Waals surface area (Å²) in [5, 5.41) is 7.55. The summed E-state index contributed by atoms with van der Waals surface area (Å²) in [6, 6.07) is 54.5. The van der Waals surface area contributed by atoms with Crippen molar-refractivity contribution in [1.82, 2.24) is 0 Å². The van der Waals surface area contributed by atoms with E-state index in [1.165, 1.54) is 49.1 Å². The third kappa shape index (κ3) is 3.82. The summed E-state index contributed by atoms with van der Waals surface area (Å²) in [6.45, 7) is 0. The highest BCUT2D eigenvalue weighted by Crippen LogP contribution is 2.42. The van der Waals surface area contributed by atoms with Crippen LogP contribution in [0.2, 0.25) is 0 Å². The van der Waals surface area contributed by atoms with Crippen molar-refractivity contribution in [3.05, 3.63) is 152 Å². The third-order valence-corrected chi connectivity index (χ3v) is 7.21. The van der Waals surface area contributed by atoms with Gasteiger partial charge in [0.25, 0.3) is 0 Å². The molecule has 0 aliphatic heterocycles. The molecule has 0 aliphatic rings. The average molecular weight is 472 g/mol. The number of nitrogens with zero attached hydrogens (tertiary/aromatic N) is 1. The average Bonchev–Trinajstić information content (AvgIpc) is 2.98. The second-order valence-electron chi connectivity index (χ2n) is 9.44. The summed E-state index contributed by atoms with van der Waals surface area (Å²) in [5.41, 5.74) is 5.90. The minimum absolute atomic E-state index is 1.14. The van der Waals surface area contributed by atoms with Gasteiger partial charge in [0.1, 0.15) is 0 Å². The molecule has 7 aromatic rings. The quantitative estimate of drug-likeness (QED) is 0.231. The Morgan fingerprint density at radius 1 is 0.324 bits per heavy atom. The van der Waals surface area contributed by atoms with Gasteiger partial charge >= 0.3 is 0 Å². The van der Waals surface area contributed by atoms with Crippen LogP contribution in [0.15, 0.2) is 152 Å². The molecule has 7 aromatic carbocycles. The van der Waals surface area contributed by atoms with Gasteiger partial charge in [-0.1, -0.05) is 115 Å². The van der Waals surface area contributed by atoms with Crippen LogP contribution in [0.3, 0.4) is 0 Å². The Kier molecular flexibility index (Phi) is 5.19. The monoisotopic (exact) mass is 471 g/mol. The molecule has 1 heteroatoms. The van der Waals surface area contributed by atoms with E-state index in [0.29, 0.717) is 0 Å². The van der Waals surface area contributed by atoms with Crippen molar-refractivity contribution in [2.75, 3.05) is 4.90 Å². The standard InChI is InChI=1S/C36H25N/c1-2-13-31(14-3-1)37(36-25-30-12-6-7-15-33(30)34-16-8-9-17-35(34)36)32-22-20-27(21-23-32)29-19-18-26-10-4-5-11-28(26)24-29/h1-25H. The molecular formula is C36H25N. The van der Waals surface area contributed by atoms with Crippen LogP contribution >= 0.6 is 0 Å². The fourth-order valence-corrected chi connectivity index (χ4v) is 5.40. The van der Waals surface area contributed by atoms with Gasteiger partial charge in [0.15, 0.2) is 0 Å². The van der Waals surface area contributed by atoms with Crippen molar-refractivity contribution in [2.45, 2.75) is 0 Å². The largest absolute Gasteiger partial charge is 0.310 e. The molecule has 1 nitrogen and oxygen atoms in total. The summed E-state index contributed by atoms with van der Waals surface area (Å²) in [4.78, 5) is 2.37. The van der Waals surface area contributed by atoms with Crippen LogP contribution in [0.4, 0.5) is 17.1 Å². The van der Waals surface area contributed by atoms with Crippen molar-refractivity contribution < 1.29 is 0 Å². The predicted molar refractivity (Wildman–Crippen MR) is 159 cm³/mol. The Morgan fingerprint density at radius 2 is 0.892 bits per heavy atom. The van der Waals surface area contributed by atoms with Crippen LogP contribution in [-0.2, 0) is 0 Å². The number of hydrogen-bond donors (Lipinski definition) is 0. The van der Waals surface area contributed by atoms with Gasteiger partial charge in [0.2, 0.25) is 0 Å². The van der Waals surface area contributed by atoms with Crippen molar-refractivity contribution in [3.8, 4) is 11.1 Å². The maximum absolute atomic E-state index is 2.37. The lowest BCUT2D eigenvalue weighted by Crippen LogP contribution is -2.10. The summed E-state index contributed by atoms with van der Waals surface area (Å²) in [5.74, 6) is 0. The van der Waals surface area contributed by atoms with Crippen molar-refractivity contribution in [3.63, 3.8) is 0 Å². The first-order valence-electron chi connectivity index (χ1n) is 12.7. The van der Waals surface area contributed by atoms with Gasteiger partial charge < -0.3 is 4.90 Å². The van der Waals surface area contributed by atoms with E-state index in [2.05, 4.69) is 157 Å². The Balaban J connectivity index is 1.40. The number of hydrogen-bond acceptors (Lipinski definition) is 1. The molecule has 0 amide bonds. The highest BCUT2D eigenvalue weighted by Gasteiger charge is 2.17. The summed E-state index contributed by atoms with van der Waals surface area (Å²) < 4.78 is 0. The fourth-order valence-electron chi connectivity index (χ4n) is 5.40. The number of benzene rings is 7. The van der Waals surface area contributed by atoms with Gasteiger partial charge in [-0.2, -0.15) is 0 Å². The van der Waals surface area contributed by atoms with E-state index >= 15 is 0 Å². The highest BCUT2D eigenvalue weighted by atomic mass is 15.1. The number of rotatable bonds is 4. The maximum Gasteiger partial charge on any atom is 0.0546 e. The molecule has 0 radical (unpaired) electrons. The molecule has 0 bridgehead atoms. The first kappa shape index (κ1) is 21.4. The zero-order chi connectivity index (χ0) is 24.6. The maximum atomic E-state index is 2.37. The number of anilines is 3. The van der Waals surface area contributed by atoms with Crippen LogP contribution in [0.1, 0.15) is 0 Å². The lowest BCUT2D eigenvalue weighted by Gasteiger charge is -2.27. The lowest BCUT2D eigenvalue weighted by atomic mass is 9.98. The van der Waals surface area contributed by atoms with Gasteiger partial charge in [0.05, 0.1) is 5.69 Å². The highest BCUT2D eigenvalue weighted by molar-refractivity contribution is 6.14. The topological polar surface area (TPSA) is 3.24 Å². The minimum atomic E-state index is 1.14. The summed E-state index contributed by atoms with van der Waals surface area (Å²) in [7, 11) is 0. The molecule has 174 valence electrons. The van der Waals surface area contributed by atoms with E-state index in [9.17, 15) is 0 Å². The van der Waals surface area contributed by atoms with Crippen molar-refractivity contribution in [1.29, 1.82) is 0 Å². The van der Waals surface area contributed by atoms with E-state index in [1.807, 2.05) is 0 Å². The SMILES string of the molecule is c1ccc(N(c2ccc(-c3ccc4ccccc4c3)cc2)c2cc3ccccc3c3ccccc23)cc1. The predicted octanol–water partition coefficient (Wildman–Crippen LogP) is 10.3. The van der Waals surface area contributed by atoms with Crippen molar-refractivity contribution in [2.24, 2.45) is 0 Å². The van der Waals surface area contributed by atoms with Crippen LogP contribution in [0, 0.1) is 0 Å². The van der Waals surface area contributed by atoms with E-state index < -0.39 is 0 Å². The second kappa shape index (κ2) is 8.96. The van der Waals surface area contributed by atoms with Gasteiger partial charge in [-0.15, -0.1) is 0 Å². The molecule has 0 saturated heterocycles. The third-order valence-electron chi connectivity index (χ3n) is 7.21. The van der Waals surface area contributed by atoms with E-state index in [1.54, 1.807) is 0 Å². The van der Waals surface area contributed by atoms with E-state index in [-0.39, 0.29) is 0 Å². The zero-order valence-electron chi connectivity index (χ0n) is 20.4. The Hall–Kier alpha value is -4.88. The van der Waals surface area contributed by atoms with Crippen LogP contribution in [-0.4, -0.2) is 0 Å². The van der Waals surface area contributed by atoms with Gasteiger partial charge in [0, 0.05) is 16.8 Å². The fraction of sp³-hybridized carbons (Fsp3) is 0. The first-order valence-corrected chi connectivity index (χ1v) is 12.7. The van der Waals surface area contributed by atoms with Crippen molar-refractivity contribution >= 4 is 49.4 Å². The number of para-hydroxylation sites is 1. The Morgan fingerprint density at radius 3 is 1.68 bits per heavy atom. The molecule has 0 aliphatic carbocycles. The van der Waals surface area contributed by atoms with Gasteiger partial charge in [-0.05, 0) is 74.5 Å². The lowest BCUT2D eigenvalue weighted by molar-refractivity contribution is 1.30. The molecule has 0 aromatic heterocycles. The summed E-state index contributed by atoms with van der Waals surface area (Å²) in [6.07, 6.45) is 0. The Labute approximate surface area is 216 Å². The van der Waals surface area contributed by atoms with Crippen LogP contribution in [0.5, 0.6) is 0 Å². The molecule has 0 fully saturated rings. The van der Waals surface area contributed by atoms with Crippen LogP contribution < -0.4 is 4.90 Å². The molecule has 0 N–H and O–H groups in total. The Bertz CT molecular complexity index is 1870. The molecule has 0 spiro atoms. The van der Waals surface area contributed by atoms with Crippen LogP contribution in [0.25, 0.3) is 43.4 Å². The molecule has 7 rings (SSSR count). The normalized spacial score (nSPS) is 11.2. The summed E-state index contributed by atoms with van der Waals surface area (Å²) >= 11 is 0. The van der Waals surface area contributed by atoms with Gasteiger partial charge in [-0.3, -0.25) is 0 Å². The van der Waals surface area contributed by atoms with E-state index in [0.717, 1.165) is 11.4 Å². The minimum Gasteiger partial charge on any atom is -0.310 e. The molecule has 0 unspecified atom stereocenters.